The lowest BCUT2D eigenvalue weighted by molar-refractivity contribution is 0.395. The number of methoxy groups -OCH3 is 3. The highest BCUT2D eigenvalue weighted by Crippen LogP contribution is 2.38. The van der Waals surface area contributed by atoms with Crippen LogP contribution in [0.1, 0.15) is 38.5 Å². The number of aromatic nitrogens is 3. The fourth-order valence-corrected chi connectivity index (χ4v) is 4.65. The summed E-state index contributed by atoms with van der Waals surface area (Å²) in [5, 5.41) is 0.526. The molecule has 8 nitrogen and oxygen atoms in total. The first-order chi connectivity index (χ1) is 16.5. The molecule has 3 aromatic rings. The predicted molar refractivity (Wildman–Crippen MR) is 134 cm³/mol. The van der Waals surface area contributed by atoms with Gasteiger partial charge in [0, 0.05) is 17.8 Å². The van der Waals surface area contributed by atoms with E-state index in [1.54, 1.807) is 27.4 Å². The van der Waals surface area contributed by atoms with Crippen LogP contribution in [0.5, 0.6) is 17.2 Å². The average molecular weight is 484 g/mol. The van der Waals surface area contributed by atoms with Gasteiger partial charge in [0.25, 0.3) is 0 Å². The molecule has 0 radical (unpaired) electrons. The second-order valence-electron chi connectivity index (χ2n) is 8.22. The summed E-state index contributed by atoms with van der Waals surface area (Å²) in [6.45, 7) is 0. The highest BCUT2D eigenvalue weighted by Gasteiger charge is 2.26. The van der Waals surface area contributed by atoms with E-state index < -0.39 is 0 Å². The van der Waals surface area contributed by atoms with Crippen LogP contribution in [0, 0.1) is 0 Å². The standard InChI is InChI=1S/C25H30ClN5O3/c1-32-18-11-12-19(22(15-18)34-3)23-28-24(27)30-25(29-23)31(16-8-6-4-5-7-9-16)17-10-13-21(33-2)20(26)14-17/h10-16H,4-9H2,1-3H3,(H2,27,28,29,30). The van der Waals surface area contributed by atoms with E-state index in [9.17, 15) is 0 Å². The monoisotopic (exact) mass is 483 g/mol. The highest BCUT2D eigenvalue weighted by molar-refractivity contribution is 6.32. The fourth-order valence-electron chi connectivity index (χ4n) is 4.40. The zero-order chi connectivity index (χ0) is 24.1. The van der Waals surface area contributed by atoms with E-state index in [4.69, 9.17) is 36.5 Å². The number of benzene rings is 2. The van der Waals surface area contributed by atoms with Crippen LogP contribution in [-0.4, -0.2) is 42.3 Å². The summed E-state index contributed by atoms with van der Waals surface area (Å²) in [4.78, 5) is 15.9. The third kappa shape index (κ3) is 5.12. The lowest BCUT2D eigenvalue weighted by atomic mass is 10.1. The van der Waals surface area contributed by atoms with Gasteiger partial charge in [-0.15, -0.1) is 0 Å². The highest BCUT2D eigenvalue weighted by atomic mass is 35.5. The fraction of sp³-hybridized carbons (Fsp3) is 0.400. The summed E-state index contributed by atoms with van der Waals surface area (Å²) < 4.78 is 16.3. The number of nitrogen functional groups attached to an aromatic ring is 1. The second-order valence-corrected chi connectivity index (χ2v) is 8.62. The minimum Gasteiger partial charge on any atom is -0.497 e. The van der Waals surface area contributed by atoms with Crippen molar-refractivity contribution < 1.29 is 14.2 Å². The molecule has 4 rings (SSSR count). The molecule has 1 aromatic heterocycles. The van der Waals surface area contributed by atoms with E-state index in [0.29, 0.717) is 39.6 Å². The summed E-state index contributed by atoms with van der Waals surface area (Å²) in [6.07, 6.45) is 6.78. The van der Waals surface area contributed by atoms with Gasteiger partial charge in [0.05, 0.1) is 31.9 Å². The van der Waals surface area contributed by atoms with Crippen molar-refractivity contribution >= 4 is 29.2 Å². The van der Waals surface area contributed by atoms with Crippen molar-refractivity contribution in [2.24, 2.45) is 0 Å². The summed E-state index contributed by atoms with van der Waals surface area (Å²) in [7, 11) is 4.81. The maximum Gasteiger partial charge on any atom is 0.235 e. The van der Waals surface area contributed by atoms with Crippen molar-refractivity contribution in [3.05, 3.63) is 41.4 Å². The van der Waals surface area contributed by atoms with E-state index in [1.807, 2.05) is 30.3 Å². The number of nitrogens with two attached hydrogens (primary N) is 1. The molecule has 0 aliphatic heterocycles. The summed E-state index contributed by atoms with van der Waals surface area (Å²) >= 11 is 6.50. The van der Waals surface area contributed by atoms with E-state index in [1.165, 1.54) is 12.8 Å². The van der Waals surface area contributed by atoms with Gasteiger partial charge in [-0.05, 0) is 43.2 Å². The Morgan fingerprint density at radius 1 is 0.853 bits per heavy atom. The maximum atomic E-state index is 6.50. The molecule has 0 atom stereocenters. The van der Waals surface area contributed by atoms with Crippen LogP contribution in [0.4, 0.5) is 17.6 Å². The Bertz CT molecular complexity index is 1140. The Morgan fingerprint density at radius 3 is 2.24 bits per heavy atom. The van der Waals surface area contributed by atoms with E-state index >= 15 is 0 Å². The minimum atomic E-state index is 0.135. The zero-order valence-electron chi connectivity index (χ0n) is 19.8. The van der Waals surface area contributed by atoms with Crippen molar-refractivity contribution in [2.75, 3.05) is 32.0 Å². The second kappa shape index (κ2) is 10.8. The van der Waals surface area contributed by atoms with E-state index in [2.05, 4.69) is 14.9 Å². The largest absolute Gasteiger partial charge is 0.497 e. The molecule has 34 heavy (non-hydrogen) atoms. The molecule has 0 saturated heterocycles. The molecule has 0 amide bonds. The predicted octanol–water partition coefficient (Wildman–Crippen LogP) is 5.66. The minimum absolute atomic E-state index is 0.135. The average Bonchev–Trinajstić information content (AvgIpc) is 3.13. The summed E-state index contributed by atoms with van der Waals surface area (Å²) in [6, 6.07) is 11.4. The van der Waals surface area contributed by atoms with Gasteiger partial charge >= 0.3 is 0 Å². The SMILES string of the molecule is COc1ccc(-c2nc(N)nc(N(c3ccc(OC)c(Cl)c3)C3CCCCCC3)n2)c(OC)c1. The van der Waals surface area contributed by atoms with Crippen LogP contribution in [0.25, 0.3) is 11.4 Å². The Labute approximate surface area is 205 Å². The normalized spacial score (nSPS) is 14.4. The molecular formula is C25H30ClN5O3. The molecule has 0 bridgehead atoms. The smallest absolute Gasteiger partial charge is 0.235 e. The van der Waals surface area contributed by atoms with Crippen molar-refractivity contribution in [1.29, 1.82) is 0 Å². The lowest BCUT2D eigenvalue weighted by Crippen LogP contribution is -2.32. The molecule has 2 aromatic carbocycles. The third-order valence-corrected chi connectivity index (χ3v) is 6.40. The van der Waals surface area contributed by atoms with Gasteiger partial charge in [-0.3, -0.25) is 0 Å². The molecule has 2 N–H and O–H groups in total. The van der Waals surface area contributed by atoms with Crippen molar-refractivity contribution in [2.45, 2.75) is 44.6 Å². The number of rotatable bonds is 7. The number of anilines is 3. The first-order valence-electron chi connectivity index (χ1n) is 11.4. The number of halogens is 1. The van der Waals surface area contributed by atoms with Gasteiger partial charge in [0.2, 0.25) is 11.9 Å². The molecule has 1 aliphatic carbocycles. The Morgan fingerprint density at radius 2 is 1.59 bits per heavy atom. The Hall–Kier alpha value is -3.26. The first kappa shape index (κ1) is 23.9. The quantitative estimate of drug-likeness (QED) is 0.430. The lowest BCUT2D eigenvalue weighted by Gasteiger charge is -2.32. The van der Waals surface area contributed by atoms with Crippen molar-refractivity contribution in [1.82, 2.24) is 15.0 Å². The molecule has 1 aliphatic rings. The first-order valence-corrected chi connectivity index (χ1v) is 11.8. The Kier molecular flexibility index (Phi) is 7.57. The topological polar surface area (TPSA) is 95.6 Å². The molecule has 9 heteroatoms. The molecular weight excluding hydrogens is 454 g/mol. The number of nitrogens with zero attached hydrogens (tertiary/aromatic N) is 4. The van der Waals surface area contributed by atoms with Crippen LogP contribution in [0.2, 0.25) is 5.02 Å². The van der Waals surface area contributed by atoms with Gasteiger partial charge in [0.15, 0.2) is 5.82 Å². The van der Waals surface area contributed by atoms with Crippen LogP contribution in [0.3, 0.4) is 0 Å². The van der Waals surface area contributed by atoms with E-state index in [-0.39, 0.29) is 12.0 Å². The molecule has 1 saturated carbocycles. The summed E-state index contributed by atoms with van der Waals surface area (Å²) in [5.74, 6) is 2.93. The van der Waals surface area contributed by atoms with Crippen LogP contribution in [-0.2, 0) is 0 Å². The van der Waals surface area contributed by atoms with E-state index in [0.717, 1.165) is 31.4 Å². The molecule has 0 unspecified atom stereocenters. The summed E-state index contributed by atoms with van der Waals surface area (Å²) in [5.41, 5.74) is 7.78. The maximum absolute atomic E-state index is 6.50. The molecule has 1 heterocycles. The number of ether oxygens (including phenoxy) is 3. The van der Waals surface area contributed by atoms with Gasteiger partial charge < -0.3 is 24.8 Å². The van der Waals surface area contributed by atoms with Crippen LogP contribution >= 0.6 is 11.6 Å². The molecule has 0 spiro atoms. The third-order valence-electron chi connectivity index (χ3n) is 6.11. The van der Waals surface area contributed by atoms with Crippen LogP contribution in [0.15, 0.2) is 36.4 Å². The van der Waals surface area contributed by atoms with Gasteiger partial charge in [-0.25, -0.2) is 0 Å². The molecule has 180 valence electrons. The number of hydrogen-bond acceptors (Lipinski definition) is 8. The van der Waals surface area contributed by atoms with Gasteiger partial charge in [-0.1, -0.05) is 37.3 Å². The van der Waals surface area contributed by atoms with Crippen LogP contribution < -0.4 is 24.8 Å². The Balaban J connectivity index is 1.83. The van der Waals surface area contributed by atoms with Gasteiger partial charge in [0.1, 0.15) is 17.2 Å². The number of hydrogen-bond donors (Lipinski definition) is 1. The van der Waals surface area contributed by atoms with Crippen molar-refractivity contribution in [3.63, 3.8) is 0 Å². The van der Waals surface area contributed by atoms with Crippen molar-refractivity contribution in [3.8, 4) is 28.6 Å². The zero-order valence-corrected chi connectivity index (χ0v) is 20.5. The van der Waals surface area contributed by atoms with Gasteiger partial charge in [-0.2, -0.15) is 15.0 Å². The molecule has 1 fully saturated rings.